The average molecular weight is 308 g/mol. The standard InChI is InChI=1S/C16H24N2O4/c1-15(2,3)22-14(19)18-12-8-11(20-5)6-7-13(12)21-16(4)9-17-10-16/h6-8,17H,9-10H2,1-5H3,(H,18,19). The van der Waals surface area contributed by atoms with Gasteiger partial charge in [0, 0.05) is 19.2 Å². The van der Waals surface area contributed by atoms with Gasteiger partial charge in [-0.15, -0.1) is 0 Å². The summed E-state index contributed by atoms with van der Waals surface area (Å²) >= 11 is 0. The first-order valence-electron chi connectivity index (χ1n) is 7.29. The molecule has 1 aliphatic heterocycles. The van der Waals surface area contributed by atoms with Gasteiger partial charge in [-0.05, 0) is 39.8 Å². The molecule has 1 fully saturated rings. The van der Waals surface area contributed by atoms with E-state index in [-0.39, 0.29) is 5.60 Å². The molecule has 0 bridgehead atoms. The van der Waals surface area contributed by atoms with Gasteiger partial charge in [-0.2, -0.15) is 0 Å². The first kappa shape index (κ1) is 16.4. The van der Waals surface area contributed by atoms with E-state index in [1.807, 2.05) is 27.7 Å². The van der Waals surface area contributed by atoms with Gasteiger partial charge in [-0.25, -0.2) is 4.79 Å². The van der Waals surface area contributed by atoms with E-state index in [2.05, 4.69) is 10.6 Å². The summed E-state index contributed by atoms with van der Waals surface area (Å²) in [7, 11) is 1.57. The predicted octanol–water partition coefficient (Wildman–Crippen LogP) is 2.78. The van der Waals surface area contributed by atoms with Gasteiger partial charge in [0.05, 0.1) is 12.8 Å². The van der Waals surface area contributed by atoms with Crippen LogP contribution in [0, 0.1) is 0 Å². The second kappa shape index (κ2) is 6.04. The zero-order chi connectivity index (χ0) is 16.4. The molecule has 0 saturated carbocycles. The van der Waals surface area contributed by atoms with Gasteiger partial charge in [-0.1, -0.05) is 0 Å². The number of carbonyl (C=O) groups is 1. The third kappa shape index (κ3) is 4.27. The van der Waals surface area contributed by atoms with Crippen molar-refractivity contribution >= 4 is 11.8 Å². The van der Waals surface area contributed by atoms with Crippen LogP contribution >= 0.6 is 0 Å². The molecule has 1 heterocycles. The van der Waals surface area contributed by atoms with Crippen molar-refractivity contribution in [2.75, 3.05) is 25.5 Å². The molecule has 0 aromatic heterocycles. The molecule has 6 heteroatoms. The Morgan fingerprint density at radius 2 is 2.00 bits per heavy atom. The molecule has 2 rings (SSSR count). The van der Waals surface area contributed by atoms with Crippen LogP contribution in [0.2, 0.25) is 0 Å². The lowest BCUT2D eigenvalue weighted by Crippen LogP contribution is -2.61. The molecule has 0 atom stereocenters. The Labute approximate surface area is 131 Å². The summed E-state index contributed by atoms with van der Waals surface area (Å²) in [5.41, 5.74) is -0.297. The fraction of sp³-hybridized carbons (Fsp3) is 0.562. The Bertz CT molecular complexity index is 548. The smallest absolute Gasteiger partial charge is 0.412 e. The van der Waals surface area contributed by atoms with Crippen LogP contribution in [-0.2, 0) is 4.74 Å². The minimum Gasteiger partial charge on any atom is -0.497 e. The lowest BCUT2D eigenvalue weighted by molar-refractivity contribution is 0.0351. The Morgan fingerprint density at radius 3 is 2.50 bits per heavy atom. The van der Waals surface area contributed by atoms with E-state index in [1.165, 1.54) is 0 Å². The van der Waals surface area contributed by atoms with Crippen molar-refractivity contribution in [3.8, 4) is 11.5 Å². The quantitative estimate of drug-likeness (QED) is 0.895. The highest BCUT2D eigenvalue weighted by Crippen LogP contribution is 2.33. The van der Waals surface area contributed by atoms with Crippen LogP contribution in [0.4, 0.5) is 10.5 Å². The molecule has 122 valence electrons. The van der Waals surface area contributed by atoms with E-state index in [4.69, 9.17) is 14.2 Å². The number of benzene rings is 1. The molecule has 2 N–H and O–H groups in total. The van der Waals surface area contributed by atoms with Crippen molar-refractivity contribution in [1.82, 2.24) is 5.32 Å². The van der Waals surface area contributed by atoms with Gasteiger partial charge in [-0.3, -0.25) is 5.32 Å². The molecule has 1 aromatic carbocycles. The lowest BCUT2D eigenvalue weighted by atomic mass is 10.00. The maximum atomic E-state index is 12.0. The number of rotatable bonds is 4. The molecule has 22 heavy (non-hydrogen) atoms. The average Bonchev–Trinajstić information content (AvgIpc) is 2.36. The predicted molar refractivity (Wildman–Crippen MR) is 84.8 cm³/mol. The summed E-state index contributed by atoms with van der Waals surface area (Å²) in [5, 5.41) is 5.90. The Hall–Kier alpha value is -1.95. The number of hydrogen-bond donors (Lipinski definition) is 2. The summed E-state index contributed by atoms with van der Waals surface area (Å²) < 4.78 is 16.5. The molecule has 1 aliphatic rings. The summed E-state index contributed by atoms with van der Waals surface area (Å²) in [5.74, 6) is 1.23. The summed E-state index contributed by atoms with van der Waals surface area (Å²) in [6.07, 6.45) is -0.525. The van der Waals surface area contributed by atoms with Crippen molar-refractivity contribution in [2.24, 2.45) is 0 Å². The Morgan fingerprint density at radius 1 is 1.32 bits per heavy atom. The van der Waals surface area contributed by atoms with Crippen LogP contribution in [0.5, 0.6) is 11.5 Å². The molecular formula is C16H24N2O4. The van der Waals surface area contributed by atoms with E-state index in [0.717, 1.165) is 13.1 Å². The topological polar surface area (TPSA) is 68.8 Å². The monoisotopic (exact) mass is 308 g/mol. The fourth-order valence-corrected chi connectivity index (χ4v) is 2.05. The molecule has 0 radical (unpaired) electrons. The molecule has 6 nitrogen and oxygen atoms in total. The minimum absolute atomic E-state index is 0.265. The summed E-state index contributed by atoms with van der Waals surface area (Å²) in [6, 6.07) is 5.30. The number of nitrogens with one attached hydrogen (secondary N) is 2. The molecule has 1 amide bonds. The lowest BCUT2D eigenvalue weighted by Gasteiger charge is -2.39. The third-order valence-corrected chi connectivity index (χ3v) is 3.18. The molecular weight excluding hydrogens is 284 g/mol. The second-order valence-electron chi connectivity index (χ2n) is 6.64. The van der Waals surface area contributed by atoms with Crippen molar-refractivity contribution in [3.05, 3.63) is 18.2 Å². The zero-order valence-corrected chi connectivity index (χ0v) is 13.8. The largest absolute Gasteiger partial charge is 0.497 e. The van der Waals surface area contributed by atoms with Crippen LogP contribution in [-0.4, -0.2) is 37.5 Å². The molecule has 1 aromatic rings. The van der Waals surface area contributed by atoms with Crippen molar-refractivity contribution in [2.45, 2.75) is 38.9 Å². The summed E-state index contributed by atoms with van der Waals surface area (Å²) in [6.45, 7) is 9.00. The molecule has 0 aliphatic carbocycles. The first-order chi connectivity index (χ1) is 10.2. The molecule has 1 saturated heterocycles. The van der Waals surface area contributed by atoms with Crippen molar-refractivity contribution in [1.29, 1.82) is 0 Å². The summed E-state index contributed by atoms with van der Waals surface area (Å²) in [4.78, 5) is 12.0. The molecule has 0 spiro atoms. The number of amides is 1. The highest BCUT2D eigenvalue weighted by molar-refractivity contribution is 5.87. The van der Waals surface area contributed by atoms with Gasteiger partial charge >= 0.3 is 6.09 Å². The van der Waals surface area contributed by atoms with Gasteiger partial charge in [0.15, 0.2) is 0 Å². The van der Waals surface area contributed by atoms with E-state index >= 15 is 0 Å². The zero-order valence-electron chi connectivity index (χ0n) is 13.8. The van der Waals surface area contributed by atoms with E-state index in [9.17, 15) is 4.79 Å². The maximum absolute atomic E-state index is 12.0. The highest BCUT2D eigenvalue weighted by atomic mass is 16.6. The van der Waals surface area contributed by atoms with Crippen LogP contribution in [0.1, 0.15) is 27.7 Å². The Kier molecular flexibility index (Phi) is 4.51. The molecule has 0 unspecified atom stereocenters. The van der Waals surface area contributed by atoms with Crippen LogP contribution in [0.3, 0.4) is 0 Å². The second-order valence-corrected chi connectivity index (χ2v) is 6.64. The van der Waals surface area contributed by atoms with Gasteiger partial charge in [0.2, 0.25) is 0 Å². The van der Waals surface area contributed by atoms with E-state index < -0.39 is 11.7 Å². The van der Waals surface area contributed by atoms with E-state index in [0.29, 0.717) is 17.2 Å². The van der Waals surface area contributed by atoms with Crippen molar-refractivity contribution < 1.29 is 19.0 Å². The van der Waals surface area contributed by atoms with Crippen LogP contribution in [0.25, 0.3) is 0 Å². The number of hydrogen-bond acceptors (Lipinski definition) is 5. The van der Waals surface area contributed by atoms with Gasteiger partial charge in [0.25, 0.3) is 0 Å². The van der Waals surface area contributed by atoms with Crippen LogP contribution < -0.4 is 20.1 Å². The number of anilines is 1. The highest BCUT2D eigenvalue weighted by Gasteiger charge is 2.34. The SMILES string of the molecule is COc1ccc(OC2(C)CNC2)c(NC(=O)OC(C)(C)C)c1. The van der Waals surface area contributed by atoms with Gasteiger partial charge < -0.3 is 19.5 Å². The minimum atomic E-state index is -0.562. The number of carbonyl (C=O) groups excluding carboxylic acids is 1. The van der Waals surface area contributed by atoms with Crippen LogP contribution in [0.15, 0.2) is 18.2 Å². The Balaban J connectivity index is 2.17. The fourth-order valence-electron chi connectivity index (χ4n) is 2.05. The number of ether oxygens (including phenoxy) is 3. The van der Waals surface area contributed by atoms with Crippen molar-refractivity contribution in [3.63, 3.8) is 0 Å². The normalized spacial score (nSPS) is 16.4. The number of methoxy groups -OCH3 is 1. The maximum Gasteiger partial charge on any atom is 0.412 e. The van der Waals surface area contributed by atoms with E-state index in [1.54, 1.807) is 25.3 Å². The first-order valence-corrected chi connectivity index (χ1v) is 7.29. The third-order valence-electron chi connectivity index (χ3n) is 3.18. The van der Waals surface area contributed by atoms with Gasteiger partial charge in [0.1, 0.15) is 22.7 Å².